The summed E-state index contributed by atoms with van der Waals surface area (Å²) in [4.78, 5) is 0. The van der Waals surface area contributed by atoms with E-state index in [4.69, 9.17) is 4.74 Å². The zero-order chi connectivity index (χ0) is 13.5. The van der Waals surface area contributed by atoms with Crippen LogP contribution in [0.1, 0.15) is 38.9 Å². The second-order valence-corrected chi connectivity index (χ2v) is 4.94. The summed E-state index contributed by atoms with van der Waals surface area (Å²) in [6, 6.07) is 7.70. The molecular weight excluding hydrogens is 226 g/mol. The average molecular weight is 251 g/mol. The fourth-order valence-corrected chi connectivity index (χ4v) is 2.03. The van der Waals surface area contributed by atoms with Crippen molar-refractivity contribution in [1.82, 2.24) is 5.32 Å². The molecule has 0 bridgehead atoms. The molecule has 3 heteroatoms. The zero-order valence-corrected chi connectivity index (χ0v) is 11.8. The van der Waals surface area contributed by atoms with Gasteiger partial charge in [0.2, 0.25) is 0 Å². The van der Waals surface area contributed by atoms with Crippen LogP contribution in [-0.4, -0.2) is 24.8 Å². The lowest BCUT2D eigenvalue weighted by Crippen LogP contribution is -2.39. The molecule has 102 valence electrons. The van der Waals surface area contributed by atoms with Gasteiger partial charge in [0.25, 0.3) is 0 Å². The minimum Gasteiger partial charge on any atom is -0.497 e. The Balaban J connectivity index is 2.77. The van der Waals surface area contributed by atoms with E-state index in [0.717, 1.165) is 24.3 Å². The molecule has 18 heavy (non-hydrogen) atoms. The molecule has 1 aromatic rings. The van der Waals surface area contributed by atoms with Crippen molar-refractivity contribution in [3.05, 3.63) is 29.8 Å². The van der Waals surface area contributed by atoms with Crippen molar-refractivity contribution < 1.29 is 9.84 Å². The SMILES string of the molecule is CCCNC(C(C)C)C(O)c1ccc(OC)cc1. The highest BCUT2D eigenvalue weighted by atomic mass is 16.5. The summed E-state index contributed by atoms with van der Waals surface area (Å²) in [5.41, 5.74) is 0.929. The Morgan fingerprint density at radius 1 is 1.22 bits per heavy atom. The maximum atomic E-state index is 10.4. The highest BCUT2D eigenvalue weighted by molar-refractivity contribution is 5.29. The number of benzene rings is 1. The predicted molar refractivity (Wildman–Crippen MR) is 74.9 cm³/mol. The van der Waals surface area contributed by atoms with Gasteiger partial charge in [-0.1, -0.05) is 32.9 Å². The standard InChI is InChI=1S/C15H25NO2/c1-5-10-16-14(11(2)3)15(17)12-6-8-13(18-4)9-7-12/h6-9,11,14-17H,5,10H2,1-4H3. The number of methoxy groups -OCH3 is 1. The molecule has 1 aromatic carbocycles. The van der Waals surface area contributed by atoms with Crippen LogP contribution in [0.5, 0.6) is 5.75 Å². The van der Waals surface area contributed by atoms with E-state index in [1.54, 1.807) is 7.11 Å². The molecule has 0 aromatic heterocycles. The molecule has 2 N–H and O–H groups in total. The lowest BCUT2D eigenvalue weighted by atomic mass is 9.93. The number of aliphatic hydroxyl groups excluding tert-OH is 1. The Labute approximate surface area is 110 Å². The lowest BCUT2D eigenvalue weighted by Gasteiger charge is -2.28. The van der Waals surface area contributed by atoms with Crippen molar-refractivity contribution in [2.75, 3.05) is 13.7 Å². The second kappa shape index (κ2) is 7.39. The van der Waals surface area contributed by atoms with Gasteiger partial charge < -0.3 is 15.2 Å². The molecule has 0 saturated heterocycles. The van der Waals surface area contributed by atoms with E-state index in [2.05, 4.69) is 26.1 Å². The van der Waals surface area contributed by atoms with Gasteiger partial charge in [-0.25, -0.2) is 0 Å². The molecule has 0 amide bonds. The Morgan fingerprint density at radius 3 is 2.28 bits per heavy atom. The maximum Gasteiger partial charge on any atom is 0.118 e. The van der Waals surface area contributed by atoms with Gasteiger partial charge in [-0.2, -0.15) is 0 Å². The van der Waals surface area contributed by atoms with Crippen LogP contribution in [0, 0.1) is 5.92 Å². The van der Waals surface area contributed by atoms with Crippen molar-refractivity contribution in [2.24, 2.45) is 5.92 Å². The molecule has 2 unspecified atom stereocenters. The summed E-state index contributed by atoms with van der Waals surface area (Å²) < 4.78 is 5.12. The van der Waals surface area contributed by atoms with Crippen LogP contribution >= 0.6 is 0 Å². The van der Waals surface area contributed by atoms with Gasteiger partial charge >= 0.3 is 0 Å². The Morgan fingerprint density at radius 2 is 1.83 bits per heavy atom. The van der Waals surface area contributed by atoms with Crippen LogP contribution in [0.15, 0.2) is 24.3 Å². The van der Waals surface area contributed by atoms with E-state index in [1.165, 1.54) is 0 Å². The summed E-state index contributed by atoms with van der Waals surface area (Å²) in [5.74, 6) is 1.20. The molecule has 0 aliphatic carbocycles. The van der Waals surface area contributed by atoms with Crippen molar-refractivity contribution in [3.8, 4) is 5.75 Å². The molecule has 0 heterocycles. The van der Waals surface area contributed by atoms with E-state index in [1.807, 2.05) is 24.3 Å². The maximum absolute atomic E-state index is 10.4. The molecule has 2 atom stereocenters. The number of ether oxygens (including phenoxy) is 1. The molecule has 3 nitrogen and oxygen atoms in total. The van der Waals surface area contributed by atoms with Crippen LogP contribution in [0.3, 0.4) is 0 Å². The molecule has 0 aliphatic heterocycles. The molecular formula is C15H25NO2. The topological polar surface area (TPSA) is 41.5 Å². The third-order valence-electron chi connectivity index (χ3n) is 3.15. The summed E-state index contributed by atoms with van der Waals surface area (Å²) in [5, 5.41) is 13.9. The first-order valence-corrected chi connectivity index (χ1v) is 6.65. The van der Waals surface area contributed by atoms with E-state index in [0.29, 0.717) is 5.92 Å². The van der Waals surface area contributed by atoms with Crippen molar-refractivity contribution in [3.63, 3.8) is 0 Å². The quantitative estimate of drug-likeness (QED) is 0.783. The van der Waals surface area contributed by atoms with Gasteiger partial charge in [-0.3, -0.25) is 0 Å². The number of aliphatic hydroxyl groups is 1. The first kappa shape index (κ1) is 15.0. The summed E-state index contributed by atoms with van der Waals surface area (Å²) in [7, 11) is 1.64. The van der Waals surface area contributed by atoms with Crippen molar-refractivity contribution in [2.45, 2.75) is 39.3 Å². The largest absolute Gasteiger partial charge is 0.497 e. The third kappa shape index (κ3) is 4.00. The van der Waals surface area contributed by atoms with Gasteiger partial charge in [0.05, 0.1) is 13.2 Å². The number of nitrogens with one attached hydrogen (secondary N) is 1. The van der Waals surface area contributed by atoms with Crippen LogP contribution in [0.25, 0.3) is 0 Å². The van der Waals surface area contributed by atoms with Crippen LogP contribution < -0.4 is 10.1 Å². The van der Waals surface area contributed by atoms with E-state index >= 15 is 0 Å². The molecule has 0 aliphatic rings. The second-order valence-electron chi connectivity index (χ2n) is 4.94. The smallest absolute Gasteiger partial charge is 0.118 e. The van der Waals surface area contributed by atoms with E-state index < -0.39 is 6.10 Å². The Hall–Kier alpha value is -1.06. The summed E-state index contributed by atoms with van der Waals surface area (Å²) >= 11 is 0. The first-order chi connectivity index (χ1) is 8.60. The fourth-order valence-electron chi connectivity index (χ4n) is 2.03. The van der Waals surface area contributed by atoms with Gasteiger partial charge in [0.15, 0.2) is 0 Å². The Kier molecular flexibility index (Phi) is 6.16. The van der Waals surface area contributed by atoms with Gasteiger partial charge in [-0.05, 0) is 36.6 Å². The third-order valence-corrected chi connectivity index (χ3v) is 3.15. The normalized spacial score (nSPS) is 14.6. The fraction of sp³-hybridized carbons (Fsp3) is 0.600. The minimum absolute atomic E-state index is 0.0818. The predicted octanol–water partition coefficient (Wildman–Crippen LogP) is 2.75. The molecule has 0 radical (unpaired) electrons. The monoisotopic (exact) mass is 251 g/mol. The number of hydrogen-bond donors (Lipinski definition) is 2. The van der Waals surface area contributed by atoms with Crippen molar-refractivity contribution >= 4 is 0 Å². The number of rotatable bonds is 7. The van der Waals surface area contributed by atoms with E-state index in [9.17, 15) is 5.11 Å². The zero-order valence-electron chi connectivity index (χ0n) is 11.8. The highest BCUT2D eigenvalue weighted by Crippen LogP contribution is 2.23. The van der Waals surface area contributed by atoms with Crippen LogP contribution in [0.2, 0.25) is 0 Å². The molecule has 0 saturated carbocycles. The molecule has 0 spiro atoms. The van der Waals surface area contributed by atoms with Crippen LogP contribution in [0.4, 0.5) is 0 Å². The molecule has 1 rings (SSSR count). The highest BCUT2D eigenvalue weighted by Gasteiger charge is 2.23. The minimum atomic E-state index is -0.484. The van der Waals surface area contributed by atoms with Crippen LogP contribution in [-0.2, 0) is 0 Å². The molecule has 0 fully saturated rings. The Bertz CT molecular complexity index is 335. The first-order valence-electron chi connectivity index (χ1n) is 6.65. The summed E-state index contributed by atoms with van der Waals surface area (Å²) in [6.07, 6.45) is 0.584. The average Bonchev–Trinajstić information content (AvgIpc) is 2.38. The van der Waals surface area contributed by atoms with Crippen molar-refractivity contribution in [1.29, 1.82) is 0 Å². The summed E-state index contributed by atoms with van der Waals surface area (Å²) in [6.45, 7) is 7.31. The van der Waals surface area contributed by atoms with E-state index in [-0.39, 0.29) is 6.04 Å². The van der Waals surface area contributed by atoms with Gasteiger partial charge in [-0.15, -0.1) is 0 Å². The van der Waals surface area contributed by atoms with Gasteiger partial charge in [0.1, 0.15) is 5.75 Å². The van der Waals surface area contributed by atoms with Gasteiger partial charge in [0, 0.05) is 6.04 Å². The number of hydrogen-bond acceptors (Lipinski definition) is 3. The lowest BCUT2D eigenvalue weighted by molar-refractivity contribution is 0.105.